The number of rotatable bonds is 4. The third-order valence-corrected chi connectivity index (χ3v) is 5.10. The number of aromatic amines is 1. The molecule has 1 aromatic carbocycles. The quantitative estimate of drug-likeness (QED) is 0.536. The number of hydrogen-bond acceptors (Lipinski definition) is 6. The van der Waals surface area contributed by atoms with E-state index in [1.807, 2.05) is 4.90 Å². The Bertz CT molecular complexity index is 1100. The molecular formula is C19H16ClN5O3. The van der Waals surface area contributed by atoms with Crippen LogP contribution in [0.4, 0.5) is 5.69 Å². The van der Waals surface area contributed by atoms with Crippen LogP contribution < -0.4 is 5.56 Å². The first kappa shape index (κ1) is 18.3. The number of benzene rings is 1. The average Bonchev–Trinajstić information content (AvgIpc) is 2.70. The molecule has 0 fully saturated rings. The number of nitrogens with zero attached hydrogens (tertiary/aromatic N) is 4. The number of nitrogens with one attached hydrogen (secondary N) is 1. The minimum atomic E-state index is -0.444. The Labute approximate surface area is 165 Å². The van der Waals surface area contributed by atoms with Crippen LogP contribution in [0.5, 0.6) is 0 Å². The zero-order valence-corrected chi connectivity index (χ0v) is 15.5. The van der Waals surface area contributed by atoms with Gasteiger partial charge in [0, 0.05) is 61.2 Å². The van der Waals surface area contributed by atoms with E-state index in [2.05, 4.69) is 15.0 Å². The maximum absolute atomic E-state index is 12.6. The van der Waals surface area contributed by atoms with E-state index in [-0.39, 0.29) is 11.2 Å². The molecule has 0 saturated carbocycles. The van der Waals surface area contributed by atoms with Crippen molar-refractivity contribution < 1.29 is 4.92 Å². The Morgan fingerprint density at radius 2 is 2.04 bits per heavy atom. The van der Waals surface area contributed by atoms with Crippen molar-refractivity contribution in [2.45, 2.75) is 19.5 Å². The Morgan fingerprint density at radius 3 is 2.79 bits per heavy atom. The Kier molecular flexibility index (Phi) is 4.89. The van der Waals surface area contributed by atoms with Gasteiger partial charge in [-0.3, -0.25) is 24.8 Å². The van der Waals surface area contributed by atoms with E-state index in [1.54, 1.807) is 24.5 Å². The van der Waals surface area contributed by atoms with Crippen LogP contribution in [0.2, 0.25) is 5.02 Å². The minimum Gasteiger partial charge on any atom is -0.306 e. The molecule has 1 N–H and O–H groups in total. The SMILES string of the molecule is O=c1[nH]c(-c2ccncc2)nc2c1CN(Cc1cc([N+](=O)[O-])ccc1Cl)CC2. The van der Waals surface area contributed by atoms with Gasteiger partial charge in [0.1, 0.15) is 5.82 Å². The van der Waals surface area contributed by atoms with Crippen LogP contribution in [0.3, 0.4) is 0 Å². The summed E-state index contributed by atoms with van der Waals surface area (Å²) in [5, 5.41) is 11.5. The number of non-ortho nitro benzene ring substituents is 1. The first-order valence-corrected chi connectivity index (χ1v) is 9.06. The molecule has 0 radical (unpaired) electrons. The van der Waals surface area contributed by atoms with Crippen molar-refractivity contribution in [3.8, 4) is 11.4 Å². The van der Waals surface area contributed by atoms with Crippen LogP contribution in [0.1, 0.15) is 16.8 Å². The zero-order chi connectivity index (χ0) is 19.7. The van der Waals surface area contributed by atoms with Gasteiger partial charge >= 0.3 is 0 Å². The van der Waals surface area contributed by atoms with Crippen LogP contribution in [-0.4, -0.2) is 31.3 Å². The lowest BCUT2D eigenvalue weighted by molar-refractivity contribution is -0.384. The standard InChI is InChI=1S/C19H16ClN5O3/c20-16-2-1-14(25(27)28)9-13(16)10-24-8-5-17-15(11-24)19(26)23-18(22-17)12-3-6-21-7-4-12/h1-4,6-7,9H,5,8,10-11H2,(H,22,23,26). The first-order valence-electron chi connectivity index (χ1n) is 8.69. The summed E-state index contributed by atoms with van der Waals surface area (Å²) in [6.45, 7) is 1.51. The molecule has 0 bridgehead atoms. The number of nitro benzene ring substituents is 1. The van der Waals surface area contributed by atoms with Crippen molar-refractivity contribution in [1.29, 1.82) is 0 Å². The van der Waals surface area contributed by atoms with E-state index in [9.17, 15) is 14.9 Å². The summed E-state index contributed by atoms with van der Waals surface area (Å²) < 4.78 is 0. The Hall–Kier alpha value is -3.10. The summed E-state index contributed by atoms with van der Waals surface area (Å²) in [6.07, 6.45) is 3.92. The second-order valence-corrected chi connectivity index (χ2v) is 6.98. The molecule has 0 unspecified atom stereocenters. The van der Waals surface area contributed by atoms with Gasteiger partial charge < -0.3 is 4.98 Å². The average molecular weight is 398 g/mol. The third kappa shape index (κ3) is 3.64. The lowest BCUT2D eigenvalue weighted by atomic mass is 10.1. The topological polar surface area (TPSA) is 105 Å². The summed E-state index contributed by atoms with van der Waals surface area (Å²) in [4.78, 5) is 36.6. The molecule has 9 heteroatoms. The lowest BCUT2D eigenvalue weighted by Crippen LogP contribution is -2.35. The highest BCUT2D eigenvalue weighted by molar-refractivity contribution is 6.31. The predicted octanol–water partition coefficient (Wildman–Crippen LogP) is 2.95. The van der Waals surface area contributed by atoms with Crippen LogP contribution in [0.25, 0.3) is 11.4 Å². The molecular weight excluding hydrogens is 382 g/mol. The molecule has 3 aromatic rings. The lowest BCUT2D eigenvalue weighted by Gasteiger charge is -2.28. The van der Waals surface area contributed by atoms with Crippen molar-refractivity contribution in [2.75, 3.05) is 6.54 Å². The number of halogens is 1. The summed E-state index contributed by atoms with van der Waals surface area (Å²) in [5.41, 5.74) is 2.69. The van der Waals surface area contributed by atoms with Crippen molar-refractivity contribution in [3.63, 3.8) is 0 Å². The Balaban J connectivity index is 1.58. The maximum Gasteiger partial charge on any atom is 0.269 e. The van der Waals surface area contributed by atoms with Gasteiger partial charge in [0.05, 0.1) is 16.2 Å². The molecule has 0 spiro atoms. The molecule has 142 valence electrons. The fourth-order valence-corrected chi connectivity index (χ4v) is 3.48. The highest BCUT2D eigenvalue weighted by atomic mass is 35.5. The number of fused-ring (bicyclic) bond motifs is 1. The fourth-order valence-electron chi connectivity index (χ4n) is 3.30. The minimum absolute atomic E-state index is 0.00156. The highest BCUT2D eigenvalue weighted by Gasteiger charge is 2.23. The van der Waals surface area contributed by atoms with Gasteiger partial charge in [0.25, 0.3) is 11.2 Å². The maximum atomic E-state index is 12.6. The second kappa shape index (κ2) is 7.49. The summed E-state index contributed by atoms with van der Waals surface area (Å²) in [5.74, 6) is 0.529. The summed E-state index contributed by atoms with van der Waals surface area (Å²) >= 11 is 6.21. The van der Waals surface area contributed by atoms with E-state index < -0.39 is 4.92 Å². The van der Waals surface area contributed by atoms with E-state index in [4.69, 9.17) is 11.6 Å². The molecule has 0 atom stereocenters. The van der Waals surface area contributed by atoms with Crippen molar-refractivity contribution in [2.24, 2.45) is 0 Å². The van der Waals surface area contributed by atoms with Gasteiger partial charge in [-0.1, -0.05) is 11.6 Å². The highest BCUT2D eigenvalue weighted by Crippen LogP contribution is 2.25. The third-order valence-electron chi connectivity index (χ3n) is 4.74. The predicted molar refractivity (Wildman–Crippen MR) is 104 cm³/mol. The largest absolute Gasteiger partial charge is 0.306 e. The Morgan fingerprint density at radius 1 is 1.25 bits per heavy atom. The molecule has 0 aliphatic carbocycles. The molecule has 2 aromatic heterocycles. The monoisotopic (exact) mass is 397 g/mol. The fraction of sp³-hybridized carbons (Fsp3) is 0.211. The van der Waals surface area contributed by atoms with Gasteiger partial charge in [0.15, 0.2) is 0 Å². The van der Waals surface area contributed by atoms with Crippen molar-refractivity contribution >= 4 is 17.3 Å². The van der Waals surface area contributed by atoms with Gasteiger partial charge in [-0.2, -0.15) is 0 Å². The number of H-pyrrole nitrogens is 1. The zero-order valence-electron chi connectivity index (χ0n) is 14.8. The van der Waals surface area contributed by atoms with Crippen LogP contribution in [-0.2, 0) is 19.5 Å². The molecule has 8 nitrogen and oxygen atoms in total. The van der Waals surface area contributed by atoms with Crippen LogP contribution >= 0.6 is 11.6 Å². The van der Waals surface area contributed by atoms with Gasteiger partial charge in [-0.15, -0.1) is 0 Å². The molecule has 4 rings (SSSR count). The molecule has 1 aliphatic heterocycles. The normalized spacial score (nSPS) is 13.9. The summed E-state index contributed by atoms with van der Waals surface area (Å²) in [6, 6.07) is 7.98. The molecule has 0 saturated heterocycles. The number of nitro groups is 1. The van der Waals surface area contributed by atoms with Gasteiger partial charge in [-0.25, -0.2) is 4.98 Å². The van der Waals surface area contributed by atoms with Gasteiger partial charge in [-0.05, 0) is 23.8 Å². The van der Waals surface area contributed by atoms with E-state index in [0.717, 1.165) is 11.3 Å². The molecule has 28 heavy (non-hydrogen) atoms. The van der Waals surface area contributed by atoms with Gasteiger partial charge in [0.2, 0.25) is 0 Å². The molecule has 3 heterocycles. The van der Waals surface area contributed by atoms with E-state index in [1.165, 1.54) is 18.2 Å². The smallest absolute Gasteiger partial charge is 0.269 e. The van der Waals surface area contributed by atoms with E-state index >= 15 is 0 Å². The van der Waals surface area contributed by atoms with E-state index in [0.29, 0.717) is 48.0 Å². The summed E-state index contributed by atoms with van der Waals surface area (Å²) in [7, 11) is 0. The first-order chi connectivity index (χ1) is 13.5. The molecule has 1 aliphatic rings. The number of hydrogen-bond donors (Lipinski definition) is 1. The van der Waals surface area contributed by atoms with Crippen LogP contribution in [0, 0.1) is 10.1 Å². The van der Waals surface area contributed by atoms with Crippen molar-refractivity contribution in [3.05, 3.63) is 85.0 Å². The van der Waals surface area contributed by atoms with Crippen LogP contribution in [0.15, 0.2) is 47.5 Å². The second-order valence-electron chi connectivity index (χ2n) is 6.57. The number of aromatic nitrogens is 3. The number of pyridine rings is 1. The molecule has 0 amide bonds. The van der Waals surface area contributed by atoms with Crippen molar-refractivity contribution in [1.82, 2.24) is 19.9 Å².